The van der Waals surface area contributed by atoms with Crippen LogP contribution in [0.5, 0.6) is 0 Å². The minimum Gasteiger partial charge on any atom is -0.465 e. The fourth-order valence-corrected chi connectivity index (χ4v) is 6.23. The molecule has 1 aromatic heterocycles. The van der Waals surface area contributed by atoms with Crippen LogP contribution in [0.2, 0.25) is 0 Å². The zero-order valence-corrected chi connectivity index (χ0v) is 24.2. The summed E-state index contributed by atoms with van der Waals surface area (Å²) in [7, 11) is 1.34. The minimum atomic E-state index is -0.406. The van der Waals surface area contributed by atoms with Gasteiger partial charge in [-0.25, -0.2) is 9.78 Å². The van der Waals surface area contributed by atoms with Crippen molar-refractivity contribution in [3.8, 4) is 0 Å². The number of carbonyl (C=O) groups is 3. The molecule has 1 saturated heterocycles. The summed E-state index contributed by atoms with van der Waals surface area (Å²) in [5.41, 5.74) is 3.70. The number of esters is 1. The van der Waals surface area contributed by atoms with Gasteiger partial charge in [-0.2, -0.15) is 0 Å². The van der Waals surface area contributed by atoms with Gasteiger partial charge in [0.2, 0.25) is 5.91 Å². The highest BCUT2D eigenvalue weighted by Gasteiger charge is 2.31. The minimum absolute atomic E-state index is 0.0572. The zero-order valence-electron chi connectivity index (χ0n) is 21.8. The molecule has 4 rings (SSSR count). The highest BCUT2D eigenvalue weighted by atomic mass is 32.2. The monoisotopic (exact) mass is 579 g/mol. The van der Waals surface area contributed by atoms with E-state index in [1.54, 1.807) is 35.2 Å². The molecular formula is C29H29N3O4S3. The smallest absolute Gasteiger partial charge is 0.337 e. The summed E-state index contributed by atoms with van der Waals surface area (Å²) < 4.78 is 5.24. The molecule has 39 heavy (non-hydrogen) atoms. The molecule has 1 fully saturated rings. The Bertz CT molecular complexity index is 1400. The number of hydrogen-bond donors (Lipinski definition) is 1. The van der Waals surface area contributed by atoms with Crippen molar-refractivity contribution in [2.75, 3.05) is 19.0 Å². The first-order valence-corrected chi connectivity index (χ1v) is 14.6. The van der Waals surface area contributed by atoms with Crippen molar-refractivity contribution in [3.05, 3.63) is 86.8 Å². The molecule has 0 atom stereocenters. The number of thiazole rings is 1. The molecule has 0 unspecified atom stereocenters. The van der Waals surface area contributed by atoms with Crippen molar-refractivity contribution >= 4 is 68.6 Å². The van der Waals surface area contributed by atoms with Crippen LogP contribution in [0.4, 0.5) is 5.13 Å². The third-order valence-electron chi connectivity index (χ3n) is 6.05. The highest BCUT2D eigenvalue weighted by Crippen LogP contribution is 2.33. The van der Waals surface area contributed by atoms with Crippen LogP contribution in [0, 0.1) is 6.92 Å². The number of anilines is 1. The average Bonchev–Trinajstić information content (AvgIpc) is 3.46. The van der Waals surface area contributed by atoms with Crippen LogP contribution < -0.4 is 5.32 Å². The summed E-state index contributed by atoms with van der Waals surface area (Å²) in [5.74, 6) is -0.584. The van der Waals surface area contributed by atoms with E-state index in [2.05, 4.69) is 35.4 Å². The number of ether oxygens (including phenoxy) is 1. The molecule has 10 heteroatoms. The number of amides is 2. The summed E-state index contributed by atoms with van der Waals surface area (Å²) in [6.07, 6.45) is 7.04. The third kappa shape index (κ3) is 8.08. The number of unbranched alkanes of at least 4 members (excludes halogenated alkanes) is 2. The Hall–Kier alpha value is -3.34. The molecular weight excluding hydrogens is 551 g/mol. The van der Waals surface area contributed by atoms with Gasteiger partial charge in [0.05, 0.1) is 17.6 Å². The van der Waals surface area contributed by atoms with Crippen molar-refractivity contribution in [1.82, 2.24) is 9.88 Å². The number of benzene rings is 2. The van der Waals surface area contributed by atoms with Gasteiger partial charge in [-0.1, -0.05) is 72.4 Å². The van der Waals surface area contributed by atoms with E-state index in [0.29, 0.717) is 39.3 Å². The second-order valence-corrected chi connectivity index (χ2v) is 11.9. The molecule has 2 aromatic carbocycles. The van der Waals surface area contributed by atoms with Crippen molar-refractivity contribution in [1.29, 1.82) is 0 Å². The number of rotatable bonds is 11. The molecule has 202 valence electrons. The maximum atomic E-state index is 12.9. The first-order valence-electron chi connectivity index (χ1n) is 12.6. The summed E-state index contributed by atoms with van der Waals surface area (Å²) in [5, 5.41) is 3.51. The Labute approximate surface area is 241 Å². The highest BCUT2D eigenvalue weighted by molar-refractivity contribution is 8.26. The lowest BCUT2D eigenvalue weighted by Crippen LogP contribution is -2.29. The number of thiocarbonyl (C=S) groups is 1. The second kappa shape index (κ2) is 13.6. The maximum absolute atomic E-state index is 12.9. The fourth-order valence-electron chi connectivity index (χ4n) is 4.06. The van der Waals surface area contributed by atoms with E-state index in [4.69, 9.17) is 17.0 Å². The number of nitrogens with zero attached hydrogens (tertiary/aromatic N) is 2. The normalized spacial score (nSPS) is 14.2. The molecule has 1 N–H and O–H groups in total. The standard InChI is InChI=1S/C29H29N3O4S3/c1-19-7-6-8-21(15-19)16-23-18-30-28(38-23)31-25(33)9-4-3-5-14-32-26(34)24(39-29(32)37)17-20-10-12-22(13-11-20)27(35)36-2/h6-8,10-13,15,17-18H,3-5,9,14,16H2,1-2H3,(H,30,31,33)/b24-17-. The SMILES string of the molecule is COC(=O)c1ccc(/C=C2\SC(=S)N(CCCCCC(=O)Nc3ncc(Cc4cccc(C)c4)s3)C2=O)cc1. The number of carbonyl (C=O) groups excluding carboxylic acids is 3. The number of nitrogens with one attached hydrogen (secondary N) is 1. The predicted octanol–water partition coefficient (Wildman–Crippen LogP) is 6.23. The van der Waals surface area contributed by atoms with Crippen LogP contribution in [-0.4, -0.2) is 45.6 Å². The number of hydrogen-bond acceptors (Lipinski definition) is 8. The van der Waals surface area contributed by atoms with Crippen molar-refractivity contribution in [2.24, 2.45) is 0 Å². The first kappa shape index (κ1) is 28.7. The molecule has 2 heterocycles. The summed E-state index contributed by atoms with van der Waals surface area (Å²) in [6.45, 7) is 2.59. The number of aryl methyl sites for hydroxylation is 1. The number of methoxy groups -OCH3 is 1. The van der Waals surface area contributed by atoms with Crippen LogP contribution in [0.25, 0.3) is 6.08 Å². The van der Waals surface area contributed by atoms with Crippen LogP contribution in [-0.2, 0) is 20.7 Å². The Morgan fingerprint density at radius 1 is 1.13 bits per heavy atom. The van der Waals surface area contributed by atoms with Gasteiger partial charge in [0.1, 0.15) is 4.32 Å². The molecule has 0 saturated carbocycles. The fraction of sp³-hybridized carbons (Fsp3) is 0.276. The lowest BCUT2D eigenvalue weighted by atomic mass is 10.1. The van der Waals surface area contributed by atoms with Crippen LogP contribution >= 0.6 is 35.3 Å². The van der Waals surface area contributed by atoms with E-state index in [-0.39, 0.29) is 11.8 Å². The Kier molecular flexibility index (Phi) is 10.0. The van der Waals surface area contributed by atoms with Gasteiger partial charge < -0.3 is 10.1 Å². The molecule has 3 aromatic rings. The predicted molar refractivity (Wildman–Crippen MR) is 161 cm³/mol. The molecule has 1 aliphatic rings. The quantitative estimate of drug-likeness (QED) is 0.125. The molecule has 0 radical (unpaired) electrons. The van der Waals surface area contributed by atoms with Crippen molar-refractivity contribution < 1.29 is 19.1 Å². The van der Waals surface area contributed by atoms with E-state index in [1.807, 2.05) is 12.3 Å². The van der Waals surface area contributed by atoms with Crippen LogP contribution in [0.3, 0.4) is 0 Å². The van der Waals surface area contributed by atoms with Gasteiger partial charge in [-0.15, -0.1) is 11.3 Å². The maximum Gasteiger partial charge on any atom is 0.337 e. The Morgan fingerprint density at radius 3 is 2.67 bits per heavy atom. The molecule has 2 amide bonds. The van der Waals surface area contributed by atoms with E-state index in [0.717, 1.165) is 29.7 Å². The van der Waals surface area contributed by atoms with Gasteiger partial charge in [0.25, 0.3) is 5.91 Å². The van der Waals surface area contributed by atoms with Gasteiger partial charge in [0, 0.05) is 30.5 Å². The largest absolute Gasteiger partial charge is 0.465 e. The number of thioether (sulfide) groups is 1. The Morgan fingerprint density at radius 2 is 1.92 bits per heavy atom. The molecule has 0 aliphatic carbocycles. The topological polar surface area (TPSA) is 88.6 Å². The van der Waals surface area contributed by atoms with Gasteiger partial charge >= 0.3 is 5.97 Å². The summed E-state index contributed by atoms with van der Waals surface area (Å²) in [4.78, 5) is 44.4. The van der Waals surface area contributed by atoms with Gasteiger partial charge in [-0.05, 0) is 49.1 Å². The average molecular weight is 580 g/mol. The van der Waals surface area contributed by atoms with Gasteiger partial charge in [-0.3, -0.25) is 14.5 Å². The third-order valence-corrected chi connectivity index (χ3v) is 8.34. The first-order chi connectivity index (χ1) is 18.8. The molecule has 7 nitrogen and oxygen atoms in total. The zero-order chi connectivity index (χ0) is 27.8. The molecule has 0 spiro atoms. The lowest BCUT2D eigenvalue weighted by Gasteiger charge is -2.14. The summed E-state index contributed by atoms with van der Waals surface area (Å²) in [6, 6.07) is 15.2. The van der Waals surface area contributed by atoms with E-state index in [9.17, 15) is 14.4 Å². The van der Waals surface area contributed by atoms with Crippen LogP contribution in [0.15, 0.2) is 59.6 Å². The second-order valence-electron chi connectivity index (χ2n) is 9.10. The van der Waals surface area contributed by atoms with E-state index in [1.165, 1.54) is 41.3 Å². The Balaban J connectivity index is 1.17. The van der Waals surface area contributed by atoms with E-state index >= 15 is 0 Å². The van der Waals surface area contributed by atoms with Gasteiger partial charge in [0.15, 0.2) is 5.13 Å². The lowest BCUT2D eigenvalue weighted by molar-refractivity contribution is -0.122. The molecule has 0 bridgehead atoms. The number of aromatic nitrogens is 1. The summed E-state index contributed by atoms with van der Waals surface area (Å²) >= 11 is 8.19. The van der Waals surface area contributed by atoms with Crippen LogP contribution in [0.1, 0.15) is 57.6 Å². The molecule has 1 aliphatic heterocycles. The van der Waals surface area contributed by atoms with Crippen molar-refractivity contribution in [3.63, 3.8) is 0 Å². The van der Waals surface area contributed by atoms with Crippen molar-refractivity contribution in [2.45, 2.75) is 39.0 Å². The van der Waals surface area contributed by atoms with E-state index < -0.39 is 5.97 Å².